The maximum Gasteiger partial charge on any atom is 0.121 e. The molecule has 0 heterocycles. The Morgan fingerprint density at radius 2 is 1.94 bits per heavy atom. The Morgan fingerprint density at radius 1 is 1.25 bits per heavy atom. The summed E-state index contributed by atoms with van der Waals surface area (Å²) in [6, 6.07) is 9.50. The van der Waals surface area contributed by atoms with Gasteiger partial charge in [-0.1, -0.05) is 32.8 Å². The summed E-state index contributed by atoms with van der Waals surface area (Å²) in [5.41, 5.74) is 0.657. The van der Waals surface area contributed by atoms with Crippen molar-refractivity contribution in [3.63, 3.8) is 0 Å². The molecule has 1 aromatic rings. The summed E-state index contributed by atoms with van der Waals surface area (Å²) in [7, 11) is 0. The summed E-state index contributed by atoms with van der Waals surface area (Å²) in [5, 5.41) is 8.80. The summed E-state index contributed by atoms with van der Waals surface area (Å²) in [5.74, 6) is 0.811. The summed E-state index contributed by atoms with van der Waals surface area (Å²) in [6.45, 7) is 4.33. The Labute approximate surface area is 97.9 Å². The van der Waals surface area contributed by atoms with E-state index in [2.05, 4.69) is 19.9 Å². The minimum Gasteiger partial charge on any atom is -0.490 e. The number of hydrogen-bond acceptors (Lipinski definition) is 2. The zero-order valence-corrected chi connectivity index (χ0v) is 10.1. The van der Waals surface area contributed by atoms with Crippen molar-refractivity contribution in [1.82, 2.24) is 0 Å². The van der Waals surface area contributed by atoms with Gasteiger partial charge in [0.05, 0.1) is 17.7 Å². The van der Waals surface area contributed by atoms with Crippen molar-refractivity contribution in [3.8, 4) is 11.8 Å². The molecule has 0 spiro atoms. The van der Waals surface area contributed by atoms with Gasteiger partial charge in [-0.05, 0) is 31.0 Å². The van der Waals surface area contributed by atoms with E-state index in [-0.39, 0.29) is 6.10 Å². The fourth-order valence-corrected chi connectivity index (χ4v) is 1.74. The average molecular weight is 217 g/mol. The number of hydrogen-bond donors (Lipinski definition) is 0. The van der Waals surface area contributed by atoms with E-state index >= 15 is 0 Å². The molecule has 0 N–H and O–H groups in total. The summed E-state index contributed by atoms with van der Waals surface area (Å²) in [6.07, 6.45) is 4.68. The van der Waals surface area contributed by atoms with E-state index in [9.17, 15) is 0 Å². The Hall–Kier alpha value is -1.49. The van der Waals surface area contributed by atoms with Gasteiger partial charge in [-0.15, -0.1) is 0 Å². The molecular weight excluding hydrogens is 198 g/mol. The van der Waals surface area contributed by atoms with E-state index in [4.69, 9.17) is 10.00 Å². The largest absolute Gasteiger partial charge is 0.490 e. The highest BCUT2D eigenvalue weighted by Crippen LogP contribution is 2.18. The highest BCUT2D eigenvalue weighted by molar-refractivity contribution is 5.36. The maximum absolute atomic E-state index is 8.80. The third kappa shape index (κ3) is 3.94. The van der Waals surface area contributed by atoms with E-state index in [0.29, 0.717) is 5.56 Å². The molecule has 2 nitrogen and oxygen atoms in total. The molecule has 0 aliphatic rings. The molecule has 0 amide bonds. The van der Waals surface area contributed by atoms with Gasteiger partial charge in [0.1, 0.15) is 5.75 Å². The molecule has 0 unspecified atom stereocenters. The second-order valence-corrected chi connectivity index (χ2v) is 3.96. The molecule has 16 heavy (non-hydrogen) atoms. The molecule has 0 radical (unpaired) electrons. The van der Waals surface area contributed by atoms with Crippen LogP contribution in [0.25, 0.3) is 0 Å². The van der Waals surface area contributed by atoms with E-state index in [1.54, 1.807) is 12.1 Å². The minimum absolute atomic E-state index is 0.281. The average Bonchev–Trinajstić information content (AvgIpc) is 2.30. The van der Waals surface area contributed by atoms with Gasteiger partial charge in [0, 0.05) is 0 Å². The van der Waals surface area contributed by atoms with Crippen LogP contribution < -0.4 is 4.74 Å². The van der Waals surface area contributed by atoms with E-state index in [1.165, 1.54) is 0 Å². The molecule has 0 aliphatic carbocycles. The van der Waals surface area contributed by atoms with Gasteiger partial charge in [-0.25, -0.2) is 0 Å². The fraction of sp³-hybridized carbons (Fsp3) is 0.500. The first-order valence-electron chi connectivity index (χ1n) is 5.97. The lowest BCUT2D eigenvalue weighted by atomic mass is 10.1. The van der Waals surface area contributed by atoms with Crippen LogP contribution in [0.3, 0.4) is 0 Å². The van der Waals surface area contributed by atoms with Crippen molar-refractivity contribution < 1.29 is 4.74 Å². The van der Waals surface area contributed by atoms with E-state index < -0.39 is 0 Å². The molecule has 1 aromatic carbocycles. The summed E-state index contributed by atoms with van der Waals surface area (Å²) < 4.78 is 5.89. The highest BCUT2D eigenvalue weighted by Gasteiger charge is 2.08. The maximum atomic E-state index is 8.80. The Kier molecular flexibility index (Phi) is 5.42. The SMILES string of the molecule is CCCC(CCC)Oc1cccc(C#N)c1. The standard InChI is InChI=1S/C14H19NO/c1-3-6-13(7-4-2)16-14-9-5-8-12(10-14)11-15/h5,8-10,13H,3-4,6-7H2,1-2H3. The molecule has 0 saturated heterocycles. The van der Waals surface area contributed by atoms with Gasteiger partial charge in [0.15, 0.2) is 0 Å². The number of nitrogens with zero attached hydrogens (tertiary/aromatic N) is 1. The van der Waals surface area contributed by atoms with Crippen LogP contribution in [-0.4, -0.2) is 6.10 Å². The summed E-state index contributed by atoms with van der Waals surface area (Å²) in [4.78, 5) is 0. The molecule has 0 aromatic heterocycles. The number of nitriles is 1. The number of ether oxygens (including phenoxy) is 1. The monoisotopic (exact) mass is 217 g/mol. The molecular formula is C14H19NO. The number of rotatable bonds is 6. The minimum atomic E-state index is 0.281. The van der Waals surface area contributed by atoms with Crippen LogP contribution in [0.5, 0.6) is 5.75 Å². The van der Waals surface area contributed by atoms with Crippen molar-refractivity contribution in [2.45, 2.75) is 45.6 Å². The van der Waals surface area contributed by atoms with Crippen LogP contribution in [0, 0.1) is 11.3 Å². The Balaban J connectivity index is 2.65. The van der Waals surface area contributed by atoms with Crippen LogP contribution in [0.2, 0.25) is 0 Å². The van der Waals surface area contributed by atoms with Crippen molar-refractivity contribution >= 4 is 0 Å². The molecule has 0 aliphatic heterocycles. The first-order chi connectivity index (χ1) is 7.80. The highest BCUT2D eigenvalue weighted by atomic mass is 16.5. The van der Waals surface area contributed by atoms with Crippen LogP contribution in [0.15, 0.2) is 24.3 Å². The Bertz CT molecular complexity index is 348. The first-order valence-corrected chi connectivity index (χ1v) is 5.97. The normalized spacial score (nSPS) is 10.1. The van der Waals surface area contributed by atoms with Crippen molar-refractivity contribution in [2.75, 3.05) is 0 Å². The van der Waals surface area contributed by atoms with Gasteiger partial charge in [-0.2, -0.15) is 5.26 Å². The Morgan fingerprint density at radius 3 is 2.50 bits per heavy atom. The van der Waals surface area contributed by atoms with Gasteiger partial charge in [0.25, 0.3) is 0 Å². The molecule has 0 fully saturated rings. The third-order valence-electron chi connectivity index (χ3n) is 2.49. The zero-order chi connectivity index (χ0) is 11.8. The lowest BCUT2D eigenvalue weighted by molar-refractivity contribution is 0.179. The van der Waals surface area contributed by atoms with Crippen molar-refractivity contribution in [3.05, 3.63) is 29.8 Å². The van der Waals surface area contributed by atoms with Gasteiger partial charge in [-0.3, -0.25) is 0 Å². The molecule has 86 valence electrons. The second-order valence-electron chi connectivity index (χ2n) is 3.96. The van der Waals surface area contributed by atoms with E-state index in [1.807, 2.05) is 12.1 Å². The lowest BCUT2D eigenvalue weighted by Gasteiger charge is -2.17. The predicted molar refractivity (Wildman–Crippen MR) is 65.4 cm³/mol. The van der Waals surface area contributed by atoms with Crippen LogP contribution in [0.1, 0.15) is 45.1 Å². The smallest absolute Gasteiger partial charge is 0.121 e. The van der Waals surface area contributed by atoms with Gasteiger partial charge in [0.2, 0.25) is 0 Å². The molecule has 1 rings (SSSR count). The number of benzene rings is 1. The molecule has 2 heteroatoms. The van der Waals surface area contributed by atoms with Crippen LogP contribution in [0.4, 0.5) is 0 Å². The third-order valence-corrected chi connectivity index (χ3v) is 2.49. The van der Waals surface area contributed by atoms with Gasteiger partial charge < -0.3 is 4.74 Å². The van der Waals surface area contributed by atoms with E-state index in [0.717, 1.165) is 31.4 Å². The zero-order valence-electron chi connectivity index (χ0n) is 10.1. The second kappa shape index (κ2) is 6.90. The predicted octanol–water partition coefficient (Wildman–Crippen LogP) is 3.91. The molecule has 0 atom stereocenters. The fourth-order valence-electron chi connectivity index (χ4n) is 1.74. The first kappa shape index (κ1) is 12.6. The quantitative estimate of drug-likeness (QED) is 0.723. The van der Waals surface area contributed by atoms with Crippen LogP contribution in [-0.2, 0) is 0 Å². The van der Waals surface area contributed by atoms with Gasteiger partial charge >= 0.3 is 0 Å². The molecule has 0 bridgehead atoms. The van der Waals surface area contributed by atoms with Crippen LogP contribution >= 0.6 is 0 Å². The van der Waals surface area contributed by atoms with Crippen molar-refractivity contribution in [1.29, 1.82) is 5.26 Å². The van der Waals surface area contributed by atoms with Crippen molar-refractivity contribution in [2.24, 2.45) is 0 Å². The lowest BCUT2D eigenvalue weighted by Crippen LogP contribution is -2.15. The molecule has 0 saturated carbocycles. The topological polar surface area (TPSA) is 33.0 Å². The summed E-state index contributed by atoms with van der Waals surface area (Å²) >= 11 is 0.